The summed E-state index contributed by atoms with van der Waals surface area (Å²) in [7, 11) is 2.08. The fourth-order valence-electron chi connectivity index (χ4n) is 2.35. The van der Waals surface area contributed by atoms with E-state index in [1.165, 1.54) is 0 Å². The first-order chi connectivity index (χ1) is 9.34. The Hall–Kier alpha value is -1.61. The lowest BCUT2D eigenvalue weighted by Crippen LogP contribution is -2.40. The molecule has 1 aromatic carbocycles. The van der Waals surface area contributed by atoms with E-state index >= 15 is 0 Å². The van der Waals surface area contributed by atoms with Crippen LogP contribution in [0, 0.1) is 5.41 Å². The van der Waals surface area contributed by atoms with Crippen LogP contribution in [0.2, 0.25) is 0 Å². The van der Waals surface area contributed by atoms with E-state index in [1.54, 1.807) is 0 Å². The van der Waals surface area contributed by atoms with Crippen LogP contribution in [0.15, 0.2) is 30.3 Å². The van der Waals surface area contributed by atoms with Crippen molar-refractivity contribution >= 4 is 16.6 Å². The Labute approximate surface area is 121 Å². The fourth-order valence-corrected chi connectivity index (χ4v) is 2.35. The normalized spacial score (nSPS) is 13.5. The number of benzene rings is 1. The van der Waals surface area contributed by atoms with Crippen LogP contribution < -0.4 is 4.90 Å². The third-order valence-electron chi connectivity index (χ3n) is 4.10. The molecule has 1 atom stereocenters. The molecular formula is C17H24N2O. The summed E-state index contributed by atoms with van der Waals surface area (Å²) in [4.78, 5) is 6.84. The summed E-state index contributed by atoms with van der Waals surface area (Å²) in [6.45, 7) is 8.86. The number of anilines is 1. The van der Waals surface area contributed by atoms with Crippen LogP contribution >= 0.6 is 0 Å². The zero-order chi connectivity index (χ0) is 14.9. The van der Waals surface area contributed by atoms with E-state index in [4.69, 9.17) is 0 Å². The third kappa shape index (κ3) is 2.78. The van der Waals surface area contributed by atoms with Crippen molar-refractivity contribution in [2.45, 2.75) is 40.3 Å². The number of hydrogen-bond donors (Lipinski definition) is 1. The van der Waals surface area contributed by atoms with Crippen molar-refractivity contribution in [3.05, 3.63) is 36.0 Å². The Morgan fingerprint density at radius 2 is 1.90 bits per heavy atom. The van der Waals surface area contributed by atoms with Gasteiger partial charge >= 0.3 is 0 Å². The molecule has 0 aliphatic heterocycles. The molecule has 1 N–H and O–H groups in total. The van der Waals surface area contributed by atoms with E-state index < -0.39 is 0 Å². The zero-order valence-corrected chi connectivity index (χ0v) is 13.0. The number of rotatable bonds is 3. The van der Waals surface area contributed by atoms with Crippen LogP contribution in [-0.2, 0) is 6.61 Å². The molecule has 1 aromatic heterocycles. The van der Waals surface area contributed by atoms with Gasteiger partial charge in [0.25, 0.3) is 0 Å². The molecule has 0 saturated carbocycles. The average molecular weight is 272 g/mol. The summed E-state index contributed by atoms with van der Waals surface area (Å²) in [6, 6.07) is 10.5. The molecular weight excluding hydrogens is 248 g/mol. The molecule has 2 rings (SSSR count). The Morgan fingerprint density at radius 3 is 2.50 bits per heavy atom. The molecule has 20 heavy (non-hydrogen) atoms. The van der Waals surface area contributed by atoms with Crippen LogP contribution in [0.1, 0.15) is 33.4 Å². The molecule has 0 aliphatic carbocycles. The van der Waals surface area contributed by atoms with Crippen LogP contribution in [0.3, 0.4) is 0 Å². The summed E-state index contributed by atoms with van der Waals surface area (Å²) in [6.07, 6.45) is 0. The average Bonchev–Trinajstić information content (AvgIpc) is 2.43. The first-order valence-corrected chi connectivity index (χ1v) is 7.07. The fraction of sp³-hybridized carbons (Fsp3) is 0.471. The van der Waals surface area contributed by atoms with Crippen molar-refractivity contribution in [1.82, 2.24) is 4.98 Å². The lowest BCUT2D eigenvalue weighted by molar-refractivity contribution is 0.277. The van der Waals surface area contributed by atoms with E-state index in [0.29, 0.717) is 11.7 Å². The summed E-state index contributed by atoms with van der Waals surface area (Å²) < 4.78 is 0. The second-order valence-electron chi connectivity index (χ2n) is 6.47. The van der Waals surface area contributed by atoms with Gasteiger partial charge in [0.1, 0.15) is 5.82 Å². The Balaban J connectivity index is 2.57. The first-order valence-electron chi connectivity index (χ1n) is 7.07. The standard InChI is InChI=1S/C17H24N2O/c1-12(17(2,3)4)19(5)16-15-9-7-6-8-13(15)10-14(11-20)18-16/h6-10,12,20H,11H2,1-5H3. The number of aliphatic hydroxyl groups is 1. The van der Waals surface area contributed by atoms with E-state index in [-0.39, 0.29) is 12.0 Å². The molecule has 0 bridgehead atoms. The first kappa shape index (κ1) is 14.8. The molecule has 0 fully saturated rings. The molecule has 0 amide bonds. The summed E-state index contributed by atoms with van der Waals surface area (Å²) in [5.74, 6) is 0.939. The van der Waals surface area contributed by atoms with Crippen LogP contribution in [0.4, 0.5) is 5.82 Å². The van der Waals surface area contributed by atoms with Gasteiger partial charge in [0.2, 0.25) is 0 Å². The van der Waals surface area contributed by atoms with Gasteiger partial charge in [-0.25, -0.2) is 4.98 Å². The topological polar surface area (TPSA) is 36.4 Å². The Kier molecular flexibility index (Phi) is 4.00. The minimum absolute atomic E-state index is 0.0322. The van der Waals surface area contributed by atoms with Gasteiger partial charge in [-0.15, -0.1) is 0 Å². The highest BCUT2D eigenvalue weighted by atomic mass is 16.3. The van der Waals surface area contributed by atoms with Crippen molar-refractivity contribution in [3.8, 4) is 0 Å². The highest BCUT2D eigenvalue weighted by molar-refractivity contribution is 5.92. The van der Waals surface area contributed by atoms with E-state index in [1.807, 2.05) is 18.2 Å². The van der Waals surface area contributed by atoms with Gasteiger partial charge in [0.05, 0.1) is 12.3 Å². The largest absolute Gasteiger partial charge is 0.390 e. The number of nitrogens with zero attached hydrogens (tertiary/aromatic N) is 2. The summed E-state index contributed by atoms with van der Waals surface area (Å²) in [5.41, 5.74) is 0.874. The second kappa shape index (κ2) is 5.41. The van der Waals surface area contributed by atoms with Crippen molar-refractivity contribution in [2.24, 2.45) is 5.41 Å². The Morgan fingerprint density at radius 1 is 1.25 bits per heavy atom. The van der Waals surface area contributed by atoms with Crippen molar-refractivity contribution < 1.29 is 5.11 Å². The molecule has 0 radical (unpaired) electrons. The molecule has 3 heteroatoms. The Bertz CT molecular complexity index is 601. The van der Waals surface area contributed by atoms with Crippen LogP contribution in [-0.4, -0.2) is 23.2 Å². The predicted octanol–water partition coefficient (Wildman–Crippen LogP) is 3.60. The molecule has 108 valence electrons. The lowest BCUT2D eigenvalue weighted by atomic mass is 9.87. The zero-order valence-electron chi connectivity index (χ0n) is 13.0. The number of hydrogen-bond acceptors (Lipinski definition) is 3. The second-order valence-corrected chi connectivity index (χ2v) is 6.47. The van der Waals surface area contributed by atoms with Crippen molar-refractivity contribution in [1.29, 1.82) is 0 Å². The van der Waals surface area contributed by atoms with Gasteiger partial charge in [-0.2, -0.15) is 0 Å². The maximum Gasteiger partial charge on any atom is 0.136 e. The highest BCUT2D eigenvalue weighted by Crippen LogP contribution is 2.31. The molecule has 0 spiro atoms. The SMILES string of the molecule is CC(N(C)c1nc(CO)cc2ccccc12)C(C)(C)C. The van der Waals surface area contributed by atoms with E-state index in [2.05, 4.69) is 56.8 Å². The lowest BCUT2D eigenvalue weighted by Gasteiger charge is -2.36. The molecule has 1 unspecified atom stereocenters. The number of pyridine rings is 1. The minimum Gasteiger partial charge on any atom is -0.390 e. The summed E-state index contributed by atoms with van der Waals surface area (Å²) >= 11 is 0. The van der Waals surface area contributed by atoms with Gasteiger partial charge in [-0.3, -0.25) is 0 Å². The van der Waals surface area contributed by atoms with Gasteiger partial charge in [0.15, 0.2) is 0 Å². The molecule has 0 saturated heterocycles. The molecule has 3 nitrogen and oxygen atoms in total. The predicted molar refractivity (Wildman–Crippen MR) is 85.0 cm³/mol. The minimum atomic E-state index is -0.0322. The number of aliphatic hydroxyl groups excluding tert-OH is 1. The third-order valence-corrected chi connectivity index (χ3v) is 4.10. The van der Waals surface area contributed by atoms with Crippen molar-refractivity contribution in [2.75, 3.05) is 11.9 Å². The smallest absolute Gasteiger partial charge is 0.136 e. The van der Waals surface area contributed by atoms with E-state index in [9.17, 15) is 5.11 Å². The van der Waals surface area contributed by atoms with Gasteiger partial charge in [0, 0.05) is 18.5 Å². The number of aromatic nitrogens is 1. The number of fused-ring (bicyclic) bond motifs is 1. The van der Waals surface area contributed by atoms with Gasteiger partial charge in [-0.1, -0.05) is 45.0 Å². The quantitative estimate of drug-likeness (QED) is 0.927. The van der Waals surface area contributed by atoms with Gasteiger partial charge < -0.3 is 10.0 Å². The monoisotopic (exact) mass is 272 g/mol. The van der Waals surface area contributed by atoms with Crippen LogP contribution in [0.25, 0.3) is 10.8 Å². The van der Waals surface area contributed by atoms with E-state index in [0.717, 1.165) is 16.6 Å². The molecule has 0 aliphatic rings. The highest BCUT2D eigenvalue weighted by Gasteiger charge is 2.25. The summed E-state index contributed by atoms with van der Waals surface area (Å²) in [5, 5.41) is 11.7. The van der Waals surface area contributed by atoms with Crippen molar-refractivity contribution in [3.63, 3.8) is 0 Å². The maximum absolute atomic E-state index is 9.42. The molecule has 1 heterocycles. The maximum atomic E-state index is 9.42. The van der Waals surface area contributed by atoms with Gasteiger partial charge in [-0.05, 0) is 23.8 Å². The van der Waals surface area contributed by atoms with Crippen LogP contribution in [0.5, 0.6) is 0 Å². The molecule has 2 aromatic rings.